The van der Waals surface area contributed by atoms with Crippen LogP contribution in [0.5, 0.6) is 0 Å². The highest BCUT2D eigenvalue weighted by atomic mass is 35.5. The number of benzene rings is 1. The Morgan fingerprint density at radius 3 is 3.00 bits per heavy atom. The minimum Gasteiger partial charge on any atom is -0.336 e. The number of hydrogen-bond donors (Lipinski definition) is 2. The van der Waals surface area contributed by atoms with Gasteiger partial charge in [0.25, 0.3) is 0 Å². The maximum Gasteiger partial charge on any atom is 0.236 e. The molecule has 2 aromatic heterocycles. The highest BCUT2D eigenvalue weighted by Gasteiger charge is 2.27. The van der Waals surface area contributed by atoms with Gasteiger partial charge in [-0.1, -0.05) is 23.2 Å². The van der Waals surface area contributed by atoms with Crippen LogP contribution in [-0.4, -0.2) is 34.1 Å². The van der Waals surface area contributed by atoms with Gasteiger partial charge in [0.15, 0.2) is 0 Å². The van der Waals surface area contributed by atoms with Gasteiger partial charge in [0, 0.05) is 28.6 Å². The van der Waals surface area contributed by atoms with Crippen LogP contribution in [0.4, 0.5) is 0 Å². The van der Waals surface area contributed by atoms with Gasteiger partial charge in [0.1, 0.15) is 0 Å². The van der Waals surface area contributed by atoms with Crippen molar-refractivity contribution in [3.8, 4) is 11.3 Å². The molecule has 8 heteroatoms. The molecule has 0 aliphatic carbocycles. The highest BCUT2D eigenvalue weighted by molar-refractivity contribution is 7.20. The van der Waals surface area contributed by atoms with E-state index in [1.54, 1.807) is 22.4 Å². The van der Waals surface area contributed by atoms with Gasteiger partial charge in [0.05, 0.1) is 33.5 Å². The second kappa shape index (κ2) is 6.04. The Morgan fingerprint density at radius 2 is 2.29 bits per heavy atom. The Bertz CT molecular complexity index is 936. The molecule has 1 aromatic carbocycles. The summed E-state index contributed by atoms with van der Waals surface area (Å²) in [5.41, 5.74) is 8.62. The van der Waals surface area contributed by atoms with Crippen molar-refractivity contribution in [3.05, 3.63) is 38.8 Å². The molecule has 4 rings (SSSR count). The number of amides is 1. The first-order valence-corrected chi connectivity index (χ1v) is 9.07. The second-order valence-corrected chi connectivity index (χ2v) is 7.56. The van der Waals surface area contributed by atoms with Gasteiger partial charge in [0.2, 0.25) is 5.91 Å². The minimum atomic E-state index is -0.0315. The van der Waals surface area contributed by atoms with Crippen molar-refractivity contribution in [2.75, 3.05) is 13.1 Å². The van der Waals surface area contributed by atoms with Crippen LogP contribution < -0.4 is 5.73 Å². The van der Waals surface area contributed by atoms with E-state index in [1.165, 1.54) is 5.56 Å². The molecule has 0 fully saturated rings. The van der Waals surface area contributed by atoms with E-state index >= 15 is 0 Å². The SMILES string of the molecule is NCC(=O)N1CCc2c(sc3c(Cl)c(Cl)cc(-c4ccn[nH]4)c23)C1. The maximum absolute atomic E-state index is 11.9. The number of thiophene rings is 1. The van der Waals surface area contributed by atoms with E-state index in [9.17, 15) is 4.79 Å². The molecule has 0 atom stereocenters. The number of halogens is 2. The van der Waals surface area contributed by atoms with Crippen molar-refractivity contribution in [1.29, 1.82) is 0 Å². The first-order chi connectivity index (χ1) is 11.6. The molecule has 0 saturated carbocycles. The van der Waals surface area contributed by atoms with E-state index in [4.69, 9.17) is 28.9 Å². The minimum absolute atomic E-state index is 0.0315. The number of hydrogen-bond acceptors (Lipinski definition) is 4. The third kappa shape index (κ3) is 2.41. The summed E-state index contributed by atoms with van der Waals surface area (Å²) in [5.74, 6) is -0.0315. The molecule has 1 aliphatic rings. The smallest absolute Gasteiger partial charge is 0.236 e. The van der Waals surface area contributed by atoms with Crippen molar-refractivity contribution in [3.63, 3.8) is 0 Å². The fourth-order valence-corrected chi connectivity index (χ4v) is 5.03. The lowest BCUT2D eigenvalue weighted by molar-refractivity contribution is -0.130. The summed E-state index contributed by atoms with van der Waals surface area (Å²) in [5, 5.41) is 9.21. The standard InChI is InChI=1S/C16H14Cl2N4OS/c17-10-5-9(11-1-3-20-21-11)14-8-2-4-22(13(23)6-19)7-12(8)24-16(14)15(10)18/h1,3,5H,2,4,6-7,19H2,(H,20,21). The molecule has 3 N–H and O–H groups in total. The normalized spacial score (nSPS) is 14.2. The average Bonchev–Trinajstić information content (AvgIpc) is 3.24. The first-order valence-electron chi connectivity index (χ1n) is 7.50. The molecule has 124 valence electrons. The summed E-state index contributed by atoms with van der Waals surface area (Å²) in [6, 6.07) is 3.79. The number of carbonyl (C=O) groups excluding carboxylic acids is 1. The largest absolute Gasteiger partial charge is 0.336 e. The highest BCUT2D eigenvalue weighted by Crippen LogP contribution is 2.46. The zero-order valence-corrected chi connectivity index (χ0v) is 14.9. The second-order valence-electron chi connectivity index (χ2n) is 5.67. The number of nitrogens with two attached hydrogens (primary N) is 1. The van der Waals surface area contributed by atoms with Gasteiger partial charge in [-0.2, -0.15) is 5.10 Å². The van der Waals surface area contributed by atoms with E-state index in [0.717, 1.165) is 32.6 Å². The molecule has 0 saturated heterocycles. The van der Waals surface area contributed by atoms with Gasteiger partial charge in [-0.3, -0.25) is 9.89 Å². The van der Waals surface area contributed by atoms with E-state index in [0.29, 0.717) is 23.1 Å². The van der Waals surface area contributed by atoms with Gasteiger partial charge >= 0.3 is 0 Å². The van der Waals surface area contributed by atoms with Crippen LogP contribution in [0.15, 0.2) is 18.3 Å². The number of rotatable bonds is 2. The molecule has 3 heterocycles. The average molecular weight is 381 g/mol. The van der Waals surface area contributed by atoms with Crippen LogP contribution in [-0.2, 0) is 17.8 Å². The number of fused-ring (bicyclic) bond motifs is 3. The zero-order valence-electron chi connectivity index (χ0n) is 12.6. The fourth-order valence-electron chi connectivity index (χ4n) is 3.17. The number of carbonyl (C=O) groups is 1. The predicted molar refractivity (Wildman–Crippen MR) is 97.6 cm³/mol. The third-order valence-electron chi connectivity index (χ3n) is 4.32. The molecular weight excluding hydrogens is 367 g/mol. The topological polar surface area (TPSA) is 75.0 Å². The van der Waals surface area contributed by atoms with Gasteiger partial charge in [-0.15, -0.1) is 11.3 Å². The Balaban J connectivity index is 1.93. The predicted octanol–water partition coefficient (Wildman–Crippen LogP) is 3.44. The number of aromatic amines is 1. The van der Waals surface area contributed by atoms with E-state index in [-0.39, 0.29) is 12.5 Å². The molecule has 0 spiro atoms. The first kappa shape index (κ1) is 15.9. The molecule has 0 bridgehead atoms. The van der Waals surface area contributed by atoms with E-state index in [2.05, 4.69) is 10.2 Å². The zero-order chi connectivity index (χ0) is 16.8. The molecule has 0 unspecified atom stereocenters. The van der Waals surface area contributed by atoms with Crippen LogP contribution in [0.3, 0.4) is 0 Å². The van der Waals surface area contributed by atoms with Crippen molar-refractivity contribution < 1.29 is 4.79 Å². The Morgan fingerprint density at radius 1 is 1.46 bits per heavy atom. The molecule has 0 radical (unpaired) electrons. The fraction of sp³-hybridized carbons (Fsp3) is 0.250. The number of aromatic nitrogens is 2. The van der Waals surface area contributed by atoms with Crippen molar-refractivity contribution >= 4 is 50.5 Å². The van der Waals surface area contributed by atoms with Crippen LogP contribution in [0.1, 0.15) is 10.4 Å². The number of nitrogens with zero attached hydrogens (tertiary/aromatic N) is 2. The lowest BCUT2D eigenvalue weighted by Crippen LogP contribution is -2.39. The molecule has 24 heavy (non-hydrogen) atoms. The lowest BCUT2D eigenvalue weighted by Gasteiger charge is -2.26. The summed E-state index contributed by atoms with van der Waals surface area (Å²) >= 11 is 14.4. The monoisotopic (exact) mass is 380 g/mol. The summed E-state index contributed by atoms with van der Waals surface area (Å²) in [6.45, 7) is 1.27. The Kier molecular flexibility index (Phi) is 4.00. The summed E-state index contributed by atoms with van der Waals surface area (Å²) in [6.07, 6.45) is 2.49. The Labute approximate surface area is 152 Å². The molecule has 1 amide bonds. The Hall–Kier alpha value is -1.60. The summed E-state index contributed by atoms with van der Waals surface area (Å²) in [7, 11) is 0. The van der Waals surface area contributed by atoms with Gasteiger partial charge < -0.3 is 10.6 Å². The van der Waals surface area contributed by atoms with Gasteiger partial charge in [-0.25, -0.2) is 0 Å². The quantitative estimate of drug-likeness (QED) is 0.714. The third-order valence-corrected chi connectivity index (χ3v) is 6.46. The van der Waals surface area contributed by atoms with Gasteiger partial charge in [-0.05, 0) is 24.1 Å². The van der Waals surface area contributed by atoms with Crippen LogP contribution in [0, 0.1) is 0 Å². The number of H-pyrrole nitrogens is 1. The van der Waals surface area contributed by atoms with E-state index in [1.807, 2.05) is 12.1 Å². The lowest BCUT2D eigenvalue weighted by atomic mass is 9.98. The number of nitrogens with one attached hydrogen (secondary N) is 1. The van der Waals surface area contributed by atoms with Crippen molar-refractivity contribution in [1.82, 2.24) is 15.1 Å². The molecule has 5 nitrogen and oxygen atoms in total. The van der Waals surface area contributed by atoms with Crippen LogP contribution in [0.25, 0.3) is 21.3 Å². The van der Waals surface area contributed by atoms with Crippen molar-refractivity contribution in [2.45, 2.75) is 13.0 Å². The maximum atomic E-state index is 11.9. The molecular formula is C16H14Cl2N4OS. The molecule has 1 aliphatic heterocycles. The van der Waals surface area contributed by atoms with Crippen LogP contribution >= 0.6 is 34.5 Å². The molecule has 3 aromatic rings. The van der Waals surface area contributed by atoms with Crippen LogP contribution in [0.2, 0.25) is 10.0 Å². The van der Waals surface area contributed by atoms with Crippen molar-refractivity contribution in [2.24, 2.45) is 5.73 Å². The summed E-state index contributed by atoms with van der Waals surface area (Å²) in [4.78, 5) is 14.8. The summed E-state index contributed by atoms with van der Waals surface area (Å²) < 4.78 is 0.959. The van der Waals surface area contributed by atoms with E-state index < -0.39 is 0 Å².